The molecule has 4 unspecified atom stereocenters. The fraction of sp³-hybridized carbons (Fsp3) is 0.412. The van der Waals surface area contributed by atoms with Gasteiger partial charge in [0, 0.05) is 43.1 Å². The van der Waals surface area contributed by atoms with Gasteiger partial charge in [-0.25, -0.2) is 0 Å². The third kappa shape index (κ3) is 9.22. The molecular weight excluding hydrogens is 532 g/mol. The lowest BCUT2D eigenvalue weighted by Gasteiger charge is -2.39. The van der Waals surface area contributed by atoms with Crippen molar-refractivity contribution in [3.05, 3.63) is 101 Å². The van der Waals surface area contributed by atoms with Crippen LogP contribution in [0.2, 0.25) is 0 Å². The molecule has 42 heavy (non-hydrogen) atoms. The van der Waals surface area contributed by atoms with E-state index in [1.165, 1.54) is 5.56 Å². The van der Waals surface area contributed by atoms with Crippen molar-refractivity contribution in [3.8, 4) is 0 Å². The second kappa shape index (κ2) is 15.6. The molecule has 0 aromatic heterocycles. The first-order valence-electron chi connectivity index (χ1n) is 14.7. The molecule has 3 aromatic rings. The molecule has 3 N–H and O–H groups in total. The van der Waals surface area contributed by atoms with Gasteiger partial charge in [-0.1, -0.05) is 73.2 Å². The van der Waals surface area contributed by atoms with Gasteiger partial charge in [-0.3, -0.25) is 14.5 Å². The minimum Gasteiger partial charge on any atom is -0.481 e. The van der Waals surface area contributed by atoms with Crippen LogP contribution >= 0.6 is 0 Å². The number of unbranched alkanes of at least 4 members (excludes halogenated alkanes) is 2. The Hall–Kier alpha value is -3.56. The number of aliphatic carboxylic acids is 1. The van der Waals surface area contributed by atoms with Crippen molar-refractivity contribution in [2.45, 2.75) is 76.6 Å². The highest BCUT2D eigenvalue weighted by molar-refractivity contribution is 5.90. The number of nitrogens with zero attached hydrogens (tertiary/aromatic N) is 1. The molecule has 1 saturated heterocycles. The number of carbonyl (C=O) groups excluding carboxylic acids is 1. The first kappa shape index (κ1) is 31.4. The molecule has 0 radical (unpaired) electrons. The third-order valence-electron chi connectivity index (χ3n) is 7.81. The van der Waals surface area contributed by atoms with E-state index in [9.17, 15) is 14.7 Å². The Balaban J connectivity index is 1.41. The van der Waals surface area contributed by atoms with Gasteiger partial charge in [0.25, 0.3) is 0 Å². The molecule has 0 saturated carbocycles. The molecule has 8 heteroatoms. The number of likely N-dealkylation sites (N-methyl/N-ethyl adjacent to an activating group) is 1. The van der Waals surface area contributed by atoms with Gasteiger partial charge in [0.05, 0.1) is 18.8 Å². The number of hydrogen-bond acceptors (Lipinski definition) is 6. The Kier molecular flexibility index (Phi) is 11.7. The van der Waals surface area contributed by atoms with E-state index in [0.29, 0.717) is 37.8 Å². The zero-order valence-corrected chi connectivity index (χ0v) is 24.4. The fourth-order valence-corrected chi connectivity index (χ4v) is 5.18. The summed E-state index contributed by atoms with van der Waals surface area (Å²) in [5, 5.41) is 21.1. The summed E-state index contributed by atoms with van der Waals surface area (Å²) in [6.45, 7) is 2.91. The number of aliphatic hydroxyl groups is 1. The smallest absolute Gasteiger partial charge is 0.303 e. The molecule has 3 aromatic carbocycles. The molecule has 1 fully saturated rings. The Morgan fingerprint density at radius 1 is 0.905 bits per heavy atom. The zero-order chi connectivity index (χ0) is 29.9. The number of amides is 1. The van der Waals surface area contributed by atoms with Crippen LogP contribution in [0.3, 0.4) is 0 Å². The molecule has 4 rings (SSSR count). The van der Waals surface area contributed by atoms with Gasteiger partial charge < -0.3 is 25.0 Å². The van der Waals surface area contributed by atoms with Gasteiger partial charge in [0.15, 0.2) is 6.29 Å². The van der Waals surface area contributed by atoms with Crippen LogP contribution in [0.5, 0.6) is 0 Å². The van der Waals surface area contributed by atoms with Crippen LogP contribution < -0.4 is 5.32 Å². The third-order valence-corrected chi connectivity index (χ3v) is 7.81. The van der Waals surface area contributed by atoms with E-state index in [4.69, 9.17) is 14.6 Å². The number of hydrogen-bond donors (Lipinski definition) is 3. The highest BCUT2D eigenvalue weighted by Gasteiger charge is 2.33. The number of ether oxygens (including phenoxy) is 2. The number of aliphatic hydroxyl groups excluding tert-OH is 1. The predicted octanol–water partition coefficient (Wildman–Crippen LogP) is 6.39. The molecule has 8 nitrogen and oxygen atoms in total. The molecule has 1 amide bonds. The first-order valence-corrected chi connectivity index (χ1v) is 14.7. The van der Waals surface area contributed by atoms with E-state index in [1.54, 1.807) is 0 Å². The van der Waals surface area contributed by atoms with Crippen LogP contribution in [-0.2, 0) is 25.7 Å². The van der Waals surface area contributed by atoms with E-state index < -0.39 is 12.3 Å². The van der Waals surface area contributed by atoms with Gasteiger partial charge in [0.2, 0.25) is 5.91 Å². The van der Waals surface area contributed by atoms with Crippen LogP contribution in [-0.4, -0.2) is 46.7 Å². The van der Waals surface area contributed by atoms with Crippen molar-refractivity contribution in [2.75, 3.05) is 18.9 Å². The number of benzene rings is 3. The second-order valence-electron chi connectivity index (χ2n) is 11.0. The highest BCUT2D eigenvalue weighted by Crippen LogP contribution is 2.39. The van der Waals surface area contributed by atoms with Crippen LogP contribution in [0.1, 0.15) is 86.1 Å². The lowest BCUT2D eigenvalue weighted by molar-refractivity contribution is -0.253. The largest absolute Gasteiger partial charge is 0.481 e. The average molecular weight is 575 g/mol. The van der Waals surface area contributed by atoms with Gasteiger partial charge in [-0.15, -0.1) is 0 Å². The van der Waals surface area contributed by atoms with Crippen LogP contribution in [0.4, 0.5) is 5.69 Å². The second-order valence-corrected chi connectivity index (χ2v) is 11.0. The van der Waals surface area contributed by atoms with Crippen molar-refractivity contribution >= 4 is 17.6 Å². The Labute approximate surface area is 248 Å². The predicted molar refractivity (Wildman–Crippen MR) is 162 cm³/mol. The van der Waals surface area contributed by atoms with Gasteiger partial charge in [-0.2, -0.15) is 0 Å². The maximum Gasteiger partial charge on any atom is 0.303 e. The first-order chi connectivity index (χ1) is 20.3. The quantitative estimate of drug-likeness (QED) is 0.192. The van der Waals surface area contributed by atoms with Gasteiger partial charge in [-0.05, 0) is 55.6 Å². The molecule has 1 heterocycles. The molecule has 4 atom stereocenters. The highest BCUT2D eigenvalue weighted by atomic mass is 16.7. The molecule has 1 aliphatic rings. The number of carboxylic acid groups (broad SMARTS) is 1. The maximum absolute atomic E-state index is 12.3. The van der Waals surface area contributed by atoms with E-state index in [2.05, 4.69) is 48.5 Å². The summed E-state index contributed by atoms with van der Waals surface area (Å²) >= 11 is 0. The molecule has 0 spiro atoms. The van der Waals surface area contributed by atoms with E-state index in [1.807, 2.05) is 54.6 Å². The van der Waals surface area contributed by atoms with Crippen LogP contribution in [0.15, 0.2) is 78.9 Å². The Morgan fingerprint density at radius 3 is 2.24 bits per heavy atom. The summed E-state index contributed by atoms with van der Waals surface area (Å²) in [4.78, 5) is 25.3. The standard InChI is InChI=1S/C34H42N2O6/c1-24(26-9-5-3-6-10-26)36(2)22-30-21-31(27-15-13-25(23-37)14-16-27)42-34(41-30)28-17-19-29(20-18-28)35-32(38)11-7-4-8-12-33(39)40/h3,5-6,9-10,13-20,24,30-31,34,37H,4,7-8,11-12,21-23H2,1-2H3,(H,35,38)(H,39,40). The molecule has 1 aliphatic heterocycles. The van der Waals surface area contributed by atoms with E-state index in [-0.39, 0.29) is 37.2 Å². The molecule has 224 valence electrons. The number of rotatable bonds is 14. The van der Waals surface area contributed by atoms with Crippen molar-refractivity contribution < 1.29 is 29.3 Å². The number of nitrogens with one attached hydrogen (secondary N) is 1. The topological polar surface area (TPSA) is 108 Å². The van der Waals surface area contributed by atoms with Crippen molar-refractivity contribution in [3.63, 3.8) is 0 Å². The maximum atomic E-state index is 12.3. The van der Waals surface area contributed by atoms with E-state index in [0.717, 1.165) is 23.2 Å². The lowest BCUT2D eigenvalue weighted by atomic mass is 9.99. The van der Waals surface area contributed by atoms with E-state index >= 15 is 0 Å². The van der Waals surface area contributed by atoms with Crippen LogP contribution in [0.25, 0.3) is 0 Å². The summed E-state index contributed by atoms with van der Waals surface area (Å²) in [6.07, 6.45) is 2.28. The normalized spacial score (nSPS) is 19.4. The van der Waals surface area contributed by atoms with Gasteiger partial charge in [0.1, 0.15) is 0 Å². The van der Waals surface area contributed by atoms with Crippen LogP contribution in [0, 0.1) is 0 Å². The number of anilines is 1. The minimum absolute atomic E-state index is 0.00402. The summed E-state index contributed by atoms with van der Waals surface area (Å²) < 4.78 is 13.0. The Bertz CT molecular complexity index is 1270. The molecule has 0 bridgehead atoms. The van der Waals surface area contributed by atoms with Gasteiger partial charge >= 0.3 is 5.97 Å². The Morgan fingerprint density at radius 2 is 1.57 bits per heavy atom. The minimum atomic E-state index is -0.809. The van der Waals surface area contributed by atoms with Crippen molar-refractivity contribution in [1.29, 1.82) is 0 Å². The van der Waals surface area contributed by atoms with Crippen molar-refractivity contribution in [2.24, 2.45) is 0 Å². The fourth-order valence-electron chi connectivity index (χ4n) is 5.18. The zero-order valence-electron chi connectivity index (χ0n) is 24.4. The average Bonchev–Trinajstić information content (AvgIpc) is 3.01. The molecular formula is C34H42N2O6. The summed E-state index contributed by atoms with van der Waals surface area (Å²) in [6, 6.07) is 26.0. The lowest BCUT2D eigenvalue weighted by Crippen LogP contribution is -2.38. The summed E-state index contributed by atoms with van der Waals surface area (Å²) in [5.74, 6) is -0.901. The molecule has 0 aliphatic carbocycles. The summed E-state index contributed by atoms with van der Waals surface area (Å²) in [7, 11) is 2.11. The number of carboxylic acids is 1. The summed E-state index contributed by atoms with van der Waals surface area (Å²) in [5.41, 5.74) is 4.69. The monoisotopic (exact) mass is 574 g/mol. The van der Waals surface area contributed by atoms with Crippen molar-refractivity contribution in [1.82, 2.24) is 4.90 Å². The SMILES string of the molecule is CC(c1ccccc1)N(C)CC1CC(c2ccc(CO)cc2)OC(c2ccc(NC(=O)CCCCCC(=O)O)cc2)O1. The number of carbonyl (C=O) groups is 2.